The van der Waals surface area contributed by atoms with Gasteiger partial charge in [0.15, 0.2) is 0 Å². The maximum atomic E-state index is 12.4. The average molecular weight is 411 g/mol. The van der Waals surface area contributed by atoms with Crippen LogP contribution in [0, 0.1) is 5.92 Å². The molecule has 25 heavy (non-hydrogen) atoms. The number of carbonyl (C=O) groups is 2. The Morgan fingerprint density at radius 1 is 1.32 bits per heavy atom. The zero-order chi connectivity index (χ0) is 18.8. The van der Waals surface area contributed by atoms with Crippen molar-refractivity contribution in [1.82, 2.24) is 9.62 Å². The molecule has 2 atom stereocenters. The van der Waals surface area contributed by atoms with E-state index in [0.29, 0.717) is 10.6 Å². The zero-order valence-electron chi connectivity index (χ0n) is 13.1. The molecule has 1 aliphatic rings. The van der Waals surface area contributed by atoms with Gasteiger partial charge < -0.3 is 14.7 Å². The van der Waals surface area contributed by atoms with E-state index >= 15 is 0 Å². The Morgan fingerprint density at radius 2 is 2.00 bits per heavy atom. The number of rotatable bonds is 3. The van der Waals surface area contributed by atoms with Gasteiger partial charge in [-0.15, -0.1) is 0 Å². The number of hydrogen-bond acceptors (Lipinski definition) is 5. The summed E-state index contributed by atoms with van der Waals surface area (Å²) in [6, 6.07) is 4.62. The number of carbonyl (C=O) groups excluding carboxylic acids is 1. The van der Waals surface area contributed by atoms with Gasteiger partial charge in [-0.05, 0) is 17.7 Å². The Kier molecular flexibility index (Phi) is 6.15. The van der Waals surface area contributed by atoms with E-state index in [1.165, 1.54) is 12.1 Å². The molecule has 0 unspecified atom stereocenters. The number of carboxylic acid groups (broad SMARTS) is 1. The lowest BCUT2D eigenvalue weighted by Crippen LogP contribution is -2.43. The molecule has 0 saturated carbocycles. The second kappa shape index (κ2) is 7.77. The molecule has 0 bridgehead atoms. The highest BCUT2D eigenvalue weighted by molar-refractivity contribution is 7.89. The quantitative estimate of drug-likeness (QED) is 0.784. The van der Waals surface area contributed by atoms with Crippen molar-refractivity contribution in [2.45, 2.75) is 6.10 Å². The lowest BCUT2D eigenvalue weighted by atomic mass is 9.94. The second-order valence-corrected chi connectivity index (χ2v) is 8.10. The minimum Gasteiger partial charge on any atom is -0.465 e. The number of hydrogen-bond donors (Lipinski definition) is 2. The topological polar surface area (TPSA) is 113 Å². The third-order valence-electron chi connectivity index (χ3n) is 3.61. The summed E-state index contributed by atoms with van der Waals surface area (Å²) in [6.45, 7) is -0.128. The van der Waals surface area contributed by atoms with Gasteiger partial charge in [-0.1, -0.05) is 29.3 Å². The van der Waals surface area contributed by atoms with Crippen LogP contribution in [0.2, 0.25) is 10.0 Å². The summed E-state index contributed by atoms with van der Waals surface area (Å²) >= 11 is 11.9. The molecule has 0 aromatic heterocycles. The van der Waals surface area contributed by atoms with Gasteiger partial charge in [-0.3, -0.25) is 9.52 Å². The summed E-state index contributed by atoms with van der Waals surface area (Å²) in [4.78, 5) is 24.7. The standard InChI is InChI=1S/C14H16Cl2N2O6S/c1-25(22,23)17-13(19)9-7-18(14(20)21)4-5-24-12(9)8-2-3-10(15)11(16)6-8/h2-3,6,9,12H,4-5,7H2,1H3,(H,17,19)(H,20,21)/t9-,12+/m1/s1. The Morgan fingerprint density at radius 3 is 2.56 bits per heavy atom. The van der Waals surface area contributed by atoms with Crippen molar-refractivity contribution < 1.29 is 27.9 Å². The second-order valence-electron chi connectivity index (χ2n) is 5.54. The van der Waals surface area contributed by atoms with Gasteiger partial charge in [-0.25, -0.2) is 13.2 Å². The number of ether oxygens (including phenoxy) is 1. The summed E-state index contributed by atoms with van der Waals surface area (Å²) < 4.78 is 30.3. The van der Waals surface area contributed by atoms with Crippen molar-refractivity contribution in [3.05, 3.63) is 33.8 Å². The van der Waals surface area contributed by atoms with E-state index in [0.717, 1.165) is 11.2 Å². The summed E-state index contributed by atoms with van der Waals surface area (Å²) in [5.41, 5.74) is 0.496. The number of benzene rings is 1. The summed E-state index contributed by atoms with van der Waals surface area (Å²) in [6.07, 6.45) is -1.26. The largest absolute Gasteiger partial charge is 0.465 e. The van der Waals surface area contributed by atoms with Gasteiger partial charge in [0.05, 0.1) is 34.9 Å². The molecular weight excluding hydrogens is 395 g/mol. The first-order valence-corrected chi connectivity index (χ1v) is 9.79. The number of sulfonamides is 1. The van der Waals surface area contributed by atoms with Crippen molar-refractivity contribution >= 4 is 45.2 Å². The third kappa shape index (κ3) is 5.21. The maximum Gasteiger partial charge on any atom is 0.407 e. The Balaban J connectivity index is 2.40. The average Bonchev–Trinajstić information content (AvgIpc) is 2.71. The van der Waals surface area contributed by atoms with E-state index in [2.05, 4.69) is 0 Å². The molecule has 1 aromatic rings. The molecule has 0 spiro atoms. The van der Waals surface area contributed by atoms with E-state index in [4.69, 9.17) is 27.9 Å². The van der Waals surface area contributed by atoms with E-state index in [1.54, 1.807) is 6.07 Å². The molecular formula is C14H16Cl2N2O6S. The Bertz CT molecular complexity index is 786. The Hall–Kier alpha value is -1.55. The predicted octanol–water partition coefficient (Wildman–Crippen LogP) is 1.74. The van der Waals surface area contributed by atoms with E-state index in [1.807, 2.05) is 4.72 Å². The van der Waals surface area contributed by atoms with Crippen molar-refractivity contribution in [3.8, 4) is 0 Å². The molecule has 11 heteroatoms. The smallest absolute Gasteiger partial charge is 0.407 e. The van der Waals surface area contributed by atoms with Gasteiger partial charge in [0, 0.05) is 13.1 Å². The van der Waals surface area contributed by atoms with Crippen molar-refractivity contribution in [1.29, 1.82) is 0 Å². The van der Waals surface area contributed by atoms with Crippen LogP contribution in [-0.2, 0) is 19.6 Å². The summed E-state index contributed by atoms with van der Waals surface area (Å²) in [5.74, 6) is -1.93. The molecule has 1 aliphatic heterocycles. The molecule has 1 saturated heterocycles. The first kappa shape index (κ1) is 19.8. The highest BCUT2D eigenvalue weighted by atomic mass is 35.5. The van der Waals surface area contributed by atoms with Crippen LogP contribution in [0.25, 0.3) is 0 Å². The van der Waals surface area contributed by atoms with Gasteiger partial charge in [0.2, 0.25) is 15.9 Å². The van der Waals surface area contributed by atoms with Crippen LogP contribution in [0.4, 0.5) is 4.79 Å². The summed E-state index contributed by atoms with van der Waals surface area (Å²) in [5, 5.41) is 9.76. The van der Waals surface area contributed by atoms with Crippen LogP contribution in [0.3, 0.4) is 0 Å². The molecule has 1 aromatic carbocycles. The number of nitrogens with one attached hydrogen (secondary N) is 1. The number of nitrogens with zero attached hydrogens (tertiary/aromatic N) is 1. The van der Waals surface area contributed by atoms with Gasteiger partial charge in [0.25, 0.3) is 0 Å². The predicted molar refractivity (Wildman–Crippen MR) is 91.2 cm³/mol. The first-order valence-electron chi connectivity index (χ1n) is 7.14. The molecule has 2 rings (SSSR count). The first-order chi connectivity index (χ1) is 11.6. The van der Waals surface area contributed by atoms with Crippen LogP contribution in [0.5, 0.6) is 0 Å². The fourth-order valence-corrected chi connectivity index (χ4v) is 3.32. The zero-order valence-corrected chi connectivity index (χ0v) is 15.4. The molecule has 2 N–H and O–H groups in total. The van der Waals surface area contributed by atoms with Crippen LogP contribution < -0.4 is 4.72 Å². The van der Waals surface area contributed by atoms with Gasteiger partial charge >= 0.3 is 6.09 Å². The monoisotopic (exact) mass is 410 g/mol. The highest BCUT2D eigenvalue weighted by Crippen LogP contribution is 2.33. The molecule has 0 radical (unpaired) electrons. The van der Waals surface area contributed by atoms with Gasteiger partial charge in [-0.2, -0.15) is 0 Å². The minimum absolute atomic E-state index is 0.0415. The lowest BCUT2D eigenvalue weighted by Gasteiger charge is -2.26. The molecule has 1 fully saturated rings. The van der Waals surface area contributed by atoms with Crippen molar-refractivity contribution in [3.63, 3.8) is 0 Å². The highest BCUT2D eigenvalue weighted by Gasteiger charge is 2.37. The van der Waals surface area contributed by atoms with E-state index in [-0.39, 0.29) is 24.7 Å². The van der Waals surface area contributed by atoms with Crippen LogP contribution in [-0.4, -0.2) is 56.4 Å². The minimum atomic E-state index is -3.81. The molecule has 1 heterocycles. The summed E-state index contributed by atoms with van der Waals surface area (Å²) in [7, 11) is -3.81. The number of amides is 2. The Labute approximate surface area is 154 Å². The SMILES string of the molecule is CS(=O)(=O)NC(=O)[C@@H]1CN(C(=O)O)CCO[C@H]1c1ccc(Cl)c(Cl)c1. The molecule has 8 nitrogen and oxygen atoms in total. The fraction of sp³-hybridized carbons (Fsp3) is 0.429. The lowest BCUT2D eigenvalue weighted by molar-refractivity contribution is -0.128. The molecule has 138 valence electrons. The van der Waals surface area contributed by atoms with E-state index in [9.17, 15) is 23.1 Å². The van der Waals surface area contributed by atoms with Crippen molar-refractivity contribution in [2.24, 2.45) is 5.92 Å². The maximum absolute atomic E-state index is 12.4. The van der Waals surface area contributed by atoms with E-state index < -0.39 is 34.0 Å². The molecule has 0 aliphatic carbocycles. The van der Waals surface area contributed by atoms with Crippen molar-refractivity contribution in [2.75, 3.05) is 26.0 Å². The number of halogens is 2. The van der Waals surface area contributed by atoms with Crippen LogP contribution >= 0.6 is 23.2 Å². The van der Waals surface area contributed by atoms with Crippen LogP contribution in [0.1, 0.15) is 11.7 Å². The fourth-order valence-electron chi connectivity index (χ4n) is 2.50. The van der Waals surface area contributed by atoms with Gasteiger partial charge in [0.1, 0.15) is 0 Å². The van der Waals surface area contributed by atoms with Crippen LogP contribution in [0.15, 0.2) is 18.2 Å². The molecule has 2 amide bonds. The third-order valence-corrected chi connectivity index (χ3v) is 4.92. The normalized spacial score (nSPS) is 21.5.